The minimum atomic E-state index is -0.769. The van der Waals surface area contributed by atoms with Crippen LogP contribution in [0.5, 0.6) is 0 Å². The Morgan fingerprint density at radius 3 is 2.38 bits per heavy atom. The SMILES string of the molecule is [13CH3][13CH2][13CH2][13CH]1[13CH2][13CH2][13CH2]N1[13CH2]C(=O)NCCC(=O)NCC[13C](=O)ON1C(=O)CCC1=O. The number of nitrogens with zero attached hydrogens (tertiary/aromatic N) is 2. The van der Waals surface area contributed by atoms with Crippen LogP contribution in [0, 0.1) is 0 Å². The van der Waals surface area contributed by atoms with Gasteiger partial charge in [0.15, 0.2) is 0 Å². The van der Waals surface area contributed by atoms with Crippen LogP contribution in [0.15, 0.2) is 0 Å². The van der Waals surface area contributed by atoms with E-state index in [9.17, 15) is 24.0 Å². The molecule has 2 aliphatic heterocycles. The lowest BCUT2D eigenvalue weighted by Gasteiger charge is -2.23. The first kappa shape index (κ1) is 22.8. The topological polar surface area (TPSA) is 125 Å². The van der Waals surface area contributed by atoms with E-state index in [1.54, 1.807) is 0 Å². The fourth-order valence-corrected chi connectivity index (χ4v) is 3.52. The maximum Gasteiger partial charge on any atom is 0.334 e. The number of hydroxylamine groups is 2. The van der Waals surface area contributed by atoms with Crippen LogP contribution in [-0.4, -0.2) is 71.8 Å². The van der Waals surface area contributed by atoms with Crippen LogP contribution >= 0.6 is 0 Å². The van der Waals surface area contributed by atoms with Crippen molar-refractivity contribution < 1.29 is 28.8 Å². The average Bonchev–Trinajstić information content (AvgIpc) is 3.23. The fraction of sp³-hybridized carbons (Fsp3) is 0.737. The highest BCUT2D eigenvalue weighted by atomic mass is 16.8. The molecule has 2 heterocycles. The van der Waals surface area contributed by atoms with Gasteiger partial charge in [-0.25, -0.2) is 4.79 Å². The summed E-state index contributed by atoms with van der Waals surface area (Å²) in [5, 5.41) is 5.76. The second-order valence-corrected chi connectivity index (χ2v) is 7.30. The van der Waals surface area contributed by atoms with Gasteiger partial charge in [-0.2, -0.15) is 0 Å². The molecule has 0 radical (unpaired) electrons. The highest BCUT2D eigenvalue weighted by Crippen LogP contribution is 2.20. The first-order chi connectivity index (χ1) is 13.9. The maximum absolute atomic E-state index is 12.0. The molecule has 1 unspecified atom stereocenters. The predicted octanol–water partition coefficient (Wildman–Crippen LogP) is -0.129. The molecule has 0 saturated carbocycles. The number of nitrogens with one attached hydrogen (secondary N) is 2. The van der Waals surface area contributed by atoms with Crippen molar-refractivity contribution in [2.75, 3.05) is 26.2 Å². The molecule has 2 saturated heterocycles. The summed E-state index contributed by atoms with van der Waals surface area (Å²) >= 11 is 0. The van der Waals surface area contributed by atoms with Gasteiger partial charge < -0.3 is 15.5 Å². The van der Waals surface area contributed by atoms with Crippen LogP contribution in [0.2, 0.25) is 0 Å². The van der Waals surface area contributed by atoms with Crippen LogP contribution in [-0.2, 0) is 28.8 Å². The van der Waals surface area contributed by atoms with E-state index >= 15 is 0 Å². The molecule has 1 atom stereocenters. The summed E-state index contributed by atoms with van der Waals surface area (Å²) in [4.78, 5) is 65.1. The molecule has 29 heavy (non-hydrogen) atoms. The molecule has 0 aromatic heterocycles. The fourth-order valence-electron chi connectivity index (χ4n) is 3.52. The average molecular weight is 419 g/mol. The summed E-state index contributed by atoms with van der Waals surface area (Å²) < 4.78 is 0. The molecule has 162 valence electrons. The second kappa shape index (κ2) is 11.5. The van der Waals surface area contributed by atoms with Crippen molar-refractivity contribution in [2.45, 2.75) is 64.3 Å². The second-order valence-electron chi connectivity index (χ2n) is 7.30. The van der Waals surface area contributed by atoms with Gasteiger partial charge in [-0.3, -0.25) is 24.1 Å². The van der Waals surface area contributed by atoms with Gasteiger partial charge in [0.25, 0.3) is 11.8 Å². The van der Waals surface area contributed by atoms with Crippen LogP contribution < -0.4 is 10.6 Å². The monoisotopic (exact) mass is 419 g/mol. The van der Waals surface area contributed by atoms with E-state index in [0.717, 1.165) is 32.2 Å². The van der Waals surface area contributed by atoms with Gasteiger partial charge in [0.1, 0.15) is 0 Å². The van der Waals surface area contributed by atoms with Gasteiger partial charge in [-0.15, -0.1) is 5.06 Å². The van der Waals surface area contributed by atoms with Gasteiger partial charge >= 0.3 is 5.97 Å². The molecule has 2 aliphatic rings. The summed E-state index contributed by atoms with van der Waals surface area (Å²) in [6.07, 6.45) is 4.44. The van der Waals surface area contributed by atoms with Gasteiger partial charge in [-0.05, 0) is 25.8 Å². The van der Waals surface area contributed by atoms with Gasteiger partial charge in [-0.1, -0.05) is 13.3 Å². The van der Waals surface area contributed by atoms with E-state index in [1.165, 1.54) is 0 Å². The van der Waals surface area contributed by atoms with Crippen molar-refractivity contribution in [3.8, 4) is 0 Å². The van der Waals surface area contributed by atoms with E-state index in [4.69, 9.17) is 4.84 Å². The lowest BCUT2D eigenvalue weighted by molar-refractivity contribution is -0.197. The number of hydrogen-bond acceptors (Lipinski definition) is 7. The Balaban J connectivity index is 1.54. The minimum Gasteiger partial charge on any atom is -0.355 e. The predicted molar refractivity (Wildman–Crippen MR) is 102 cm³/mol. The molecular weight excluding hydrogens is 389 g/mol. The Labute approximate surface area is 170 Å². The molecule has 0 aliphatic carbocycles. The molecule has 0 spiro atoms. The molecule has 10 nitrogen and oxygen atoms in total. The Morgan fingerprint density at radius 2 is 1.69 bits per heavy atom. The van der Waals surface area contributed by atoms with Crippen molar-refractivity contribution in [1.82, 2.24) is 20.6 Å². The lowest BCUT2D eigenvalue weighted by atomic mass is 10.4. The zero-order chi connectivity index (χ0) is 21.2. The smallest absolute Gasteiger partial charge is 0.334 e. The molecule has 0 aromatic rings. The van der Waals surface area contributed by atoms with Crippen LogP contribution in [0.1, 0.15) is 58.3 Å². The summed E-state index contributed by atoms with van der Waals surface area (Å²) in [6.45, 7) is 3.67. The Morgan fingerprint density at radius 1 is 1.03 bits per heavy atom. The summed E-state index contributed by atoms with van der Waals surface area (Å²) in [7, 11) is 0. The molecule has 4 amide bonds. The molecule has 0 bridgehead atoms. The van der Waals surface area contributed by atoms with Crippen LogP contribution in [0.3, 0.4) is 0 Å². The third-order valence-corrected chi connectivity index (χ3v) is 4.99. The van der Waals surface area contributed by atoms with Crippen molar-refractivity contribution >= 4 is 29.6 Å². The first-order valence-electron chi connectivity index (χ1n) is 10.2. The summed E-state index contributed by atoms with van der Waals surface area (Å²) in [5.74, 6) is -2.26. The highest BCUT2D eigenvalue weighted by Gasteiger charge is 2.32. The van der Waals surface area contributed by atoms with Crippen molar-refractivity contribution in [2.24, 2.45) is 0 Å². The van der Waals surface area contributed by atoms with Crippen LogP contribution in [0.4, 0.5) is 0 Å². The van der Waals surface area contributed by atoms with Crippen molar-refractivity contribution in [3.05, 3.63) is 0 Å². The normalized spacial score (nSPS) is 19.5. The number of amides is 4. The maximum atomic E-state index is 12.0. The largest absolute Gasteiger partial charge is 0.355 e. The molecule has 10 heteroatoms. The lowest BCUT2D eigenvalue weighted by Crippen LogP contribution is -2.41. The Kier molecular flexibility index (Phi) is 9.04. The molecular formula is C19H30N4O6. The van der Waals surface area contributed by atoms with E-state index in [-0.39, 0.29) is 50.6 Å². The first-order valence-corrected chi connectivity index (χ1v) is 10.2. The summed E-state index contributed by atoms with van der Waals surface area (Å²) in [5.41, 5.74) is 0. The molecule has 2 fully saturated rings. The van der Waals surface area contributed by atoms with E-state index in [1.807, 2.05) is 0 Å². The standard InChI is InChI=1S/C19H30N4O6/c1-2-4-14-5-3-12-22(14)13-16(25)21-10-8-15(24)20-11-9-19(28)29-23-17(26)6-7-18(23)27/h14H,2-13H2,1H3,(H,20,24)(H,21,25)/i1+1,2+1,3+1,4+1,5+1,12+1,13+1,14+1,19+1. The number of hydrogen-bond donors (Lipinski definition) is 2. The third-order valence-electron chi connectivity index (χ3n) is 4.99. The molecule has 0 aromatic carbocycles. The van der Waals surface area contributed by atoms with E-state index in [0.29, 0.717) is 17.6 Å². The Hall–Kier alpha value is -2.49. The van der Waals surface area contributed by atoms with Gasteiger partial charge in [0, 0.05) is 38.4 Å². The van der Waals surface area contributed by atoms with E-state index in [2.05, 4.69) is 22.5 Å². The number of rotatable bonds is 11. The van der Waals surface area contributed by atoms with E-state index < -0.39 is 17.8 Å². The highest BCUT2D eigenvalue weighted by molar-refractivity contribution is 6.01. The minimum absolute atomic E-state index is 0.0221. The third kappa shape index (κ3) is 7.45. The van der Waals surface area contributed by atoms with Gasteiger partial charge in [0.05, 0.1) is 13.0 Å². The van der Waals surface area contributed by atoms with Crippen LogP contribution in [0.25, 0.3) is 0 Å². The van der Waals surface area contributed by atoms with Crippen molar-refractivity contribution in [1.29, 1.82) is 0 Å². The number of imide groups is 1. The number of likely N-dealkylation sites (tertiary alicyclic amines) is 1. The molecule has 2 rings (SSSR count). The quantitative estimate of drug-likeness (QED) is 0.353. The van der Waals surface area contributed by atoms with Gasteiger partial charge in [0.2, 0.25) is 11.8 Å². The van der Waals surface area contributed by atoms with Crippen molar-refractivity contribution in [3.63, 3.8) is 0 Å². The zero-order valence-corrected chi connectivity index (χ0v) is 16.9. The number of carbonyl (C=O) groups is 5. The number of carbonyl (C=O) groups excluding carboxylic acids is 5. The molecule has 2 N–H and O–H groups in total. The zero-order valence-electron chi connectivity index (χ0n) is 16.9. The summed E-state index contributed by atoms with van der Waals surface area (Å²) in [6, 6.07) is 0.472. The Bertz CT molecular complexity index is 622.